The van der Waals surface area contributed by atoms with Gasteiger partial charge in [-0.1, -0.05) is 157 Å². The van der Waals surface area contributed by atoms with Crippen molar-refractivity contribution in [2.75, 3.05) is 0 Å². The van der Waals surface area contributed by atoms with Crippen molar-refractivity contribution in [3.8, 4) is 11.5 Å². The van der Waals surface area contributed by atoms with Gasteiger partial charge in [0, 0.05) is 12.0 Å². The first-order valence-electron chi connectivity index (χ1n) is 21.0. The Bertz CT molecular complexity index is 1010. The van der Waals surface area contributed by atoms with E-state index in [2.05, 4.69) is 48.5 Å². The van der Waals surface area contributed by atoms with E-state index in [0.717, 1.165) is 72.3 Å². The Hall–Kier alpha value is -1.71. The molecule has 286 valence electrons. The molecule has 0 unspecified atom stereocenters. The van der Waals surface area contributed by atoms with Crippen molar-refractivity contribution >= 4 is 5.97 Å². The number of aliphatic carboxylic acids is 1. The van der Waals surface area contributed by atoms with Crippen LogP contribution in [0.15, 0.2) is 0 Å². The number of carbonyl (C=O) groups is 1. The fraction of sp³-hybridized carbons (Fsp3) is 0.844. The number of rotatable bonds is 26. The van der Waals surface area contributed by atoms with Gasteiger partial charge in [0.15, 0.2) is 0 Å². The number of hydrogen-bond acceptors (Lipinski definition) is 3. The topological polar surface area (TPSA) is 66.8 Å². The van der Waals surface area contributed by atoms with Gasteiger partial charge < -0.3 is 14.9 Å². The third-order valence-corrected chi connectivity index (χ3v) is 11.4. The summed E-state index contributed by atoms with van der Waals surface area (Å²) in [6, 6.07) is 0. The lowest BCUT2D eigenvalue weighted by Gasteiger charge is -2.38. The first-order valence-corrected chi connectivity index (χ1v) is 21.0. The lowest BCUT2D eigenvalue weighted by atomic mass is 9.84. The van der Waals surface area contributed by atoms with Gasteiger partial charge in [0.2, 0.25) is 0 Å². The van der Waals surface area contributed by atoms with Gasteiger partial charge in [-0.15, -0.1) is 0 Å². The largest absolute Gasteiger partial charge is 0.507 e. The van der Waals surface area contributed by atoms with Crippen molar-refractivity contribution in [3.63, 3.8) is 0 Å². The molecule has 4 heteroatoms. The highest BCUT2D eigenvalue weighted by molar-refractivity contribution is 5.66. The molecule has 0 fully saturated rings. The number of phenolic OH excluding ortho intramolecular Hbond substituents is 1. The molecule has 0 bridgehead atoms. The molecule has 0 spiro atoms. The Morgan fingerprint density at radius 3 is 1.63 bits per heavy atom. The van der Waals surface area contributed by atoms with Crippen LogP contribution >= 0.6 is 0 Å². The number of hydrogen-bond donors (Lipinski definition) is 2. The predicted molar refractivity (Wildman–Crippen MR) is 212 cm³/mol. The summed E-state index contributed by atoms with van der Waals surface area (Å²) in [7, 11) is 0. The highest BCUT2D eigenvalue weighted by Gasteiger charge is 2.34. The maximum atomic E-state index is 10.4. The molecular weight excluding hydrogens is 604 g/mol. The minimum absolute atomic E-state index is 0.0712. The Morgan fingerprint density at radius 2 is 1.14 bits per heavy atom. The maximum Gasteiger partial charge on any atom is 0.303 e. The summed E-state index contributed by atoms with van der Waals surface area (Å²) in [4.78, 5) is 10.3. The zero-order valence-corrected chi connectivity index (χ0v) is 34.1. The molecule has 1 aliphatic rings. The molecule has 0 amide bonds. The molecule has 1 aromatic rings. The third-order valence-electron chi connectivity index (χ3n) is 11.4. The molecule has 3 atom stereocenters. The Morgan fingerprint density at radius 1 is 0.673 bits per heavy atom. The Kier molecular flexibility index (Phi) is 24.2. The lowest BCUT2D eigenvalue weighted by molar-refractivity contribution is -0.137. The fourth-order valence-corrected chi connectivity index (χ4v) is 7.57. The van der Waals surface area contributed by atoms with Crippen LogP contribution in [0.25, 0.3) is 0 Å². The molecule has 2 N–H and O–H groups in total. The SMILES string of the molecule is CCCCCCCCCCCCCCCC(=O)O.Cc1c(C)c2c(c(C)c1O)CC[C@@](C)(CCC[C@H](C)CCC[C@H](C)CCCC(C)C)O2. The van der Waals surface area contributed by atoms with Crippen LogP contribution in [-0.2, 0) is 11.2 Å². The van der Waals surface area contributed by atoms with E-state index >= 15 is 0 Å². The molecule has 1 aromatic carbocycles. The van der Waals surface area contributed by atoms with Gasteiger partial charge in [0.1, 0.15) is 17.1 Å². The molecule has 0 aromatic heterocycles. The number of aromatic hydroxyl groups is 1. The summed E-state index contributed by atoms with van der Waals surface area (Å²) in [6.45, 7) is 20.2. The quantitative estimate of drug-likeness (QED) is 0.0952. The Labute approximate surface area is 305 Å². The van der Waals surface area contributed by atoms with Crippen molar-refractivity contribution in [2.24, 2.45) is 17.8 Å². The third kappa shape index (κ3) is 20.1. The van der Waals surface area contributed by atoms with E-state index in [4.69, 9.17) is 9.84 Å². The van der Waals surface area contributed by atoms with Gasteiger partial charge in [-0.25, -0.2) is 0 Å². The predicted octanol–water partition coefficient (Wildman–Crippen LogP) is 14.4. The molecule has 0 radical (unpaired) electrons. The summed E-state index contributed by atoms with van der Waals surface area (Å²) in [5, 5.41) is 18.9. The van der Waals surface area contributed by atoms with Gasteiger partial charge in [0.05, 0.1) is 0 Å². The van der Waals surface area contributed by atoms with Crippen molar-refractivity contribution in [3.05, 3.63) is 22.3 Å². The first-order chi connectivity index (χ1) is 23.3. The molecule has 0 aliphatic carbocycles. The molecule has 4 nitrogen and oxygen atoms in total. The van der Waals surface area contributed by atoms with Gasteiger partial charge in [-0.2, -0.15) is 0 Å². The number of unbranched alkanes of at least 4 members (excludes halogenated alkanes) is 12. The highest BCUT2D eigenvalue weighted by Crippen LogP contribution is 2.44. The van der Waals surface area contributed by atoms with Crippen molar-refractivity contribution < 1.29 is 19.7 Å². The molecule has 2 rings (SSSR count). The van der Waals surface area contributed by atoms with E-state index in [1.807, 2.05) is 13.8 Å². The Balaban J connectivity index is 0.000000570. The molecule has 0 saturated heterocycles. The van der Waals surface area contributed by atoms with Gasteiger partial charge in [-0.05, 0) is 94.2 Å². The van der Waals surface area contributed by atoms with E-state index in [0.29, 0.717) is 12.2 Å². The molecule has 0 saturated carbocycles. The normalized spacial score (nSPS) is 16.9. The summed E-state index contributed by atoms with van der Waals surface area (Å²) in [5.74, 6) is 3.38. The fourth-order valence-electron chi connectivity index (χ4n) is 7.57. The van der Waals surface area contributed by atoms with Gasteiger partial charge >= 0.3 is 5.97 Å². The second-order valence-corrected chi connectivity index (χ2v) is 16.8. The van der Waals surface area contributed by atoms with E-state index in [9.17, 15) is 9.90 Å². The van der Waals surface area contributed by atoms with Gasteiger partial charge in [-0.3, -0.25) is 4.79 Å². The zero-order chi connectivity index (χ0) is 36.7. The first kappa shape index (κ1) is 45.3. The second kappa shape index (κ2) is 26.1. The molecule has 1 aliphatic heterocycles. The highest BCUT2D eigenvalue weighted by atomic mass is 16.5. The van der Waals surface area contributed by atoms with E-state index in [-0.39, 0.29) is 5.60 Å². The van der Waals surface area contributed by atoms with Crippen LogP contribution in [0, 0.1) is 38.5 Å². The number of benzene rings is 1. The maximum absolute atomic E-state index is 10.4. The van der Waals surface area contributed by atoms with Crippen LogP contribution in [0.2, 0.25) is 0 Å². The van der Waals surface area contributed by atoms with E-state index in [1.165, 1.54) is 128 Å². The number of carboxylic acid groups (broad SMARTS) is 1. The van der Waals surface area contributed by atoms with Crippen LogP contribution in [0.1, 0.15) is 218 Å². The number of phenols is 1. The van der Waals surface area contributed by atoms with E-state index in [1.54, 1.807) is 0 Å². The van der Waals surface area contributed by atoms with Crippen LogP contribution in [-0.4, -0.2) is 21.8 Å². The summed E-state index contributed by atoms with van der Waals surface area (Å²) < 4.78 is 6.60. The minimum atomic E-state index is -0.655. The average Bonchev–Trinajstić information content (AvgIpc) is 3.05. The lowest BCUT2D eigenvalue weighted by Crippen LogP contribution is -2.37. The number of fused-ring (bicyclic) bond motifs is 1. The monoisotopic (exact) mass is 687 g/mol. The molecule has 49 heavy (non-hydrogen) atoms. The van der Waals surface area contributed by atoms with Crippen LogP contribution in [0.3, 0.4) is 0 Å². The zero-order valence-electron chi connectivity index (χ0n) is 34.1. The standard InChI is InChI=1S/C29H50O2.C16H32O2/c1-20(2)12-9-13-21(3)14-10-15-22(4)16-11-18-29(8)19-17-26-25(7)27(30)23(5)24(6)28(26)31-29;1-2-3-4-5-6-7-8-9-10-11-12-13-14-15-16(17)18/h20-22,30H,9-19H2,1-8H3;2-15H2,1H3,(H,17,18)/t21-,22-,29-;/m1./s1. The van der Waals surface area contributed by atoms with Crippen molar-refractivity contribution in [2.45, 2.75) is 228 Å². The minimum Gasteiger partial charge on any atom is -0.507 e. The van der Waals surface area contributed by atoms with Crippen LogP contribution in [0.5, 0.6) is 11.5 Å². The summed E-state index contributed by atoms with van der Waals surface area (Å²) in [5.41, 5.74) is 4.23. The number of ether oxygens (including phenoxy) is 1. The summed E-state index contributed by atoms with van der Waals surface area (Å²) >= 11 is 0. The second-order valence-electron chi connectivity index (χ2n) is 16.8. The smallest absolute Gasteiger partial charge is 0.303 e. The average molecular weight is 687 g/mol. The van der Waals surface area contributed by atoms with Gasteiger partial charge in [0.25, 0.3) is 0 Å². The summed E-state index contributed by atoms with van der Waals surface area (Å²) in [6.07, 6.45) is 31.3. The van der Waals surface area contributed by atoms with E-state index < -0.39 is 5.97 Å². The van der Waals surface area contributed by atoms with Crippen LogP contribution in [0.4, 0.5) is 0 Å². The number of carboxylic acids is 1. The van der Waals surface area contributed by atoms with Crippen LogP contribution < -0.4 is 4.74 Å². The molecule has 1 heterocycles. The van der Waals surface area contributed by atoms with Crippen molar-refractivity contribution in [1.82, 2.24) is 0 Å². The van der Waals surface area contributed by atoms with Crippen molar-refractivity contribution in [1.29, 1.82) is 0 Å². The molecular formula is C45H82O4.